The maximum absolute atomic E-state index is 6.05. The fraction of sp³-hybridized carbons (Fsp3) is 0.125. The van der Waals surface area contributed by atoms with E-state index in [2.05, 4.69) is 22.1 Å². The lowest BCUT2D eigenvalue weighted by atomic mass is 10.1. The Kier molecular flexibility index (Phi) is 2.88. The van der Waals surface area contributed by atoms with E-state index in [0.717, 1.165) is 33.5 Å². The summed E-state index contributed by atoms with van der Waals surface area (Å²) >= 11 is 0. The van der Waals surface area contributed by atoms with Crippen molar-refractivity contribution in [3.05, 3.63) is 65.6 Å². The van der Waals surface area contributed by atoms with Crippen LogP contribution in [-0.2, 0) is 6.42 Å². The summed E-state index contributed by atoms with van der Waals surface area (Å²) in [4.78, 5) is 9.00. The molecule has 0 aliphatic heterocycles. The number of nitrogens with zero attached hydrogens (tertiary/aromatic N) is 2. The Morgan fingerprint density at radius 1 is 1.05 bits per heavy atom. The van der Waals surface area contributed by atoms with Crippen LogP contribution in [0.25, 0.3) is 10.9 Å². The van der Waals surface area contributed by atoms with Crippen LogP contribution < -0.4 is 5.73 Å². The number of benzene rings is 1. The molecule has 3 nitrogen and oxygen atoms in total. The summed E-state index contributed by atoms with van der Waals surface area (Å²) in [5.41, 5.74) is 10.8. The molecular weight excluding hydrogens is 234 g/mol. The molecule has 0 radical (unpaired) electrons. The minimum Gasteiger partial charge on any atom is -0.397 e. The monoisotopic (exact) mass is 249 g/mol. The van der Waals surface area contributed by atoms with Gasteiger partial charge < -0.3 is 5.73 Å². The molecule has 0 unspecified atom stereocenters. The number of hydrogen-bond acceptors (Lipinski definition) is 3. The number of para-hydroxylation sites is 1. The number of aryl methyl sites for hydroxylation is 1. The fourth-order valence-corrected chi connectivity index (χ4v) is 2.15. The lowest BCUT2D eigenvalue weighted by molar-refractivity contribution is 1.02. The van der Waals surface area contributed by atoms with Gasteiger partial charge in [-0.2, -0.15) is 0 Å². The smallest absolute Gasteiger partial charge is 0.0705 e. The second-order valence-corrected chi connectivity index (χ2v) is 4.66. The van der Waals surface area contributed by atoms with Crippen LogP contribution in [0, 0.1) is 6.92 Å². The molecule has 0 bridgehead atoms. The van der Waals surface area contributed by atoms with Crippen LogP contribution >= 0.6 is 0 Å². The first-order chi connectivity index (χ1) is 9.24. The Hall–Kier alpha value is -2.42. The second-order valence-electron chi connectivity index (χ2n) is 4.66. The van der Waals surface area contributed by atoms with Crippen molar-refractivity contribution in [3.63, 3.8) is 0 Å². The molecule has 3 aromatic rings. The first kappa shape index (κ1) is 11.7. The lowest BCUT2D eigenvalue weighted by Crippen LogP contribution is -2.02. The summed E-state index contributed by atoms with van der Waals surface area (Å²) in [6.45, 7) is 1.99. The van der Waals surface area contributed by atoms with Gasteiger partial charge in [-0.05, 0) is 30.7 Å². The van der Waals surface area contributed by atoms with Crippen LogP contribution in [0.2, 0.25) is 0 Å². The molecule has 2 aromatic heterocycles. The molecule has 94 valence electrons. The van der Waals surface area contributed by atoms with Crippen LogP contribution in [0.3, 0.4) is 0 Å². The first-order valence-corrected chi connectivity index (χ1v) is 6.28. The number of nitrogens with two attached hydrogens (primary N) is 1. The van der Waals surface area contributed by atoms with E-state index in [4.69, 9.17) is 5.73 Å². The van der Waals surface area contributed by atoms with Crippen molar-refractivity contribution in [2.75, 3.05) is 5.73 Å². The molecule has 0 saturated carbocycles. The van der Waals surface area contributed by atoms with E-state index in [0.29, 0.717) is 6.42 Å². The van der Waals surface area contributed by atoms with Crippen molar-refractivity contribution in [3.8, 4) is 0 Å². The number of hydrogen-bond donors (Lipinski definition) is 1. The van der Waals surface area contributed by atoms with Gasteiger partial charge in [0.1, 0.15) is 0 Å². The molecule has 0 atom stereocenters. The Morgan fingerprint density at radius 3 is 2.79 bits per heavy atom. The average Bonchev–Trinajstić information content (AvgIpc) is 2.44. The van der Waals surface area contributed by atoms with Gasteiger partial charge in [-0.25, -0.2) is 0 Å². The Bertz CT molecular complexity index is 735. The number of fused-ring (bicyclic) bond motifs is 1. The summed E-state index contributed by atoms with van der Waals surface area (Å²) in [7, 11) is 0. The van der Waals surface area contributed by atoms with Gasteiger partial charge in [0.25, 0.3) is 0 Å². The van der Waals surface area contributed by atoms with E-state index in [9.17, 15) is 0 Å². The van der Waals surface area contributed by atoms with Gasteiger partial charge in [0, 0.05) is 23.7 Å². The first-order valence-electron chi connectivity index (χ1n) is 6.28. The fourth-order valence-electron chi connectivity index (χ4n) is 2.15. The largest absolute Gasteiger partial charge is 0.397 e. The van der Waals surface area contributed by atoms with E-state index >= 15 is 0 Å². The normalized spacial score (nSPS) is 10.8. The Labute approximate surface area is 112 Å². The van der Waals surface area contributed by atoms with Crippen LogP contribution in [0.5, 0.6) is 0 Å². The van der Waals surface area contributed by atoms with Gasteiger partial charge >= 0.3 is 0 Å². The predicted octanol–water partition coefficient (Wildman–Crippen LogP) is 3.11. The number of pyridine rings is 2. The van der Waals surface area contributed by atoms with Crippen molar-refractivity contribution in [1.29, 1.82) is 0 Å². The van der Waals surface area contributed by atoms with Gasteiger partial charge in [-0.15, -0.1) is 0 Å². The zero-order valence-corrected chi connectivity index (χ0v) is 10.8. The molecule has 0 aliphatic carbocycles. The number of nitrogen functional groups attached to an aromatic ring is 1. The topological polar surface area (TPSA) is 51.8 Å². The third-order valence-electron chi connectivity index (χ3n) is 3.30. The summed E-state index contributed by atoms with van der Waals surface area (Å²) in [6, 6.07) is 14.1. The summed E-state index contributed by atoms with van der Waals surface area (Å²) in [6.07, 6.45) is 2.46. The highest BCUT2D eigenvalue weighted by molar-refractivity contribution is 5.78. The Balaban J connectivity index is 1.99. The third kappa shape index (κ3) is 2.27. The molecule has 1 aromatic carbocycles. The van der Waals surface area contributed by atoms with Crippen molar-refractivity contribution < 1.29 is 0 Å². The highest BCUT2D eigenvalue weighted by Crippen LogP contribution is 2.18. The lowest BCUT2D eigenvalue weighted by Gasteiger charge is -2.07. The summed E-state index contributed by atoms with van der Waals surface area (Å²) in [5, 5.41) is 1.15. The van der Waals surface area contributed by atoms with Gasteiger partial charge in [0.05, 0.1) is 16.9 Å². The third-order valence-corrected chi connectivity index (χ3v) is 3.30. The highest BCUT2D eigenvalue weighted by Gasteiger charge is 2.06. The zero-order valence-electron chi connectivity index (χ0n) is 10.8. The zero-order chi connectivity index (χ0) is 13.2. The Morgan fingerprint density at radius 2 is 1.89 bits per heavy atom. The summed E-state index contributed by atoms with van der Waals surface area (Å²) < 4.78 is 0. The van der Waals surface area contributed by atoms with E-state index < -0.39 is 0 Å². The van der Waals surface area contributed by atoms with Crippen molar-refractivity contribution in [2.24, 2.45) is 0 Å². The van der Waals surface area contributed by atoms with Gasteiger partial charge in [-0.1, -0.05) is 24.3 Å². The van der Waals surface area contributed by atoms with Crippen LogP contribution in [0.4, 0.5) is 5.69 Å². The van der Waals surface area contributed by atoms with E-state index in [1.165, 1.54) is 0 Å². The van der Waals surface area contributed by atoms with Crippen molar-refractivity contribution >= 4 is 16.6 Å². The SMILES string of the molecule is Cc1ccnc(Cc2ccc3ccccc3n2)c1N. The van der Waals surface area contributed by atoms with E-state index in [-0.39, 0.29) is 0 Å². The number of rotatable bonds is 2. The number of anilines is 1. The van der Waals surface area contributed by atoms with Gasteiger partial charge in [-0.3, -0.25) is 9.97 Å². The van der Waals surface area contributed by atoms with Crippen LogP contribution in [0.15, 0.2) is 48.7 Å². The quantitative estimate of drug-likeness (QED) is 0.759. The second kappa shape index (κ2) is 4.69. The molecule has 0 fully saturated rings. The maximum Gasteiger partial charge on any atom is 0.0705 e. The molecule has 0 amide bonds. The molecule has 2 N–H and O–H groups in total. The van der Waals surface area contributed by atoms with Crippen molar-refractivity contribution in [2.45, 2.75) is 13.3 Å². The highest BCUT2D eigenvalue weighted by atomic mass is 14.8. The number of aromatic nitrogens is 2. The van der Waals surface area contributed by atoms with E-state index in [1.54, 1.807) is 6.20 Å². The molecule has 0 saturated heterocycles. The standard InChI is InChI=1S/C16H15N3/c1-11-8-9-18-15(16(11)17)10-13-7-6-12-4-2-3-5-14(12)19-13/h2-9H,10,17H2,1H3. The minimum atomic E-state index is 0.665. The van der Waals surface area contributed by atoms with Crippen LogP contribution in [-0.4, -0.2) is 9.97 Å². The molecule has 0 aliphatic rings. The molecule has 0 spiro atoms. The average molecular weight is 249 g/mol. The molecule has 3 heteroatoms. The molecule has 2 heterocycles. The minimum absolute atomic E-state index is 0.665. The van der Waals surface area contributed by atoms with Gasteiger partial charge in [0.2, 0.25) is 0 Å². The van der Waals surface area contributed by atoms with Crippen molar-refractivity contribution in [1.82, 2.24) is 9.97 Å². The summed E-state index contributed by atoms with van der Waals surface area (Å²) in [5.74, 6) is 0. The molecular formula is C16H15N3. The predicted molar refractivity (Wildman–Crippen MR) is 77.9 cm³/mol. The van der Waals surface area contributed by atoms with E-state index in [1.807, 2.05) is 37.3 Å². The maximum atomic E-state index is 6.05. The molecule has 3 rings (SSSR count). The van der Waals surface area contributed by atoms with Gasteiger partial charge in [0.15, 0.2) is 0 Å². The molecule has 19 heavy (non-hydrogen) atoms. The van der Waals surface area contributed by atoms with Crippen LogP contribution in [0.1, 0.15) is 17.0 Å².